The maximum Gasteiger partial charge on any atom is 0.268 e. The molecule has 5 nitrogen and oxygen atoms in total. The highest BCUT2D eigenvalue weighted by molar-refractivity contribution is 5.94. The minimum atomic E-state index is -0.521. The number of carbonyl (C=O) groups excluding carboxylic acids is 2. The molecule has 1 aromatic carbocycles. The fourth-order valence-corrected chi connectivity index (χ4v) is 3.32. The van der Waals surface area contributed by atoms with Crippen LogP contribution in [0.25, 0.3) is 0 Å². The Morgan fingerprint density at radius 1 is 1.38 bits per heavy atom. The summed E-state index contributed by atoms with van der Waals surface area (Å²) in [6.45, 7) is 2.52. The van der Waals surface area contributed by atoms with E-state index in [2.05, 4.69) is 0 Å². The van der Waals surface area contributed by atoms with Crippen molar-refractivity contribution in [3.8, 4) is 0 Å². The Labute approximate surface area is 124 Å². The van der Waals surface area contributed by atoms with Gasteiger partial charge in [-0.3, -0.25) is 19.3 Å². The van der Waals surface area contributed by atoms with E-state index >= 15 is 0 Å². The van der Waals surface area contributed by atoms with E-state index in [0.717, 1.165) is 18.4 Å². The summed E-state index contributed by atoms with van der Waals surface area (Å²) in [6.07, 6.45) is 1.49. The maximum atomic E-state index is 12.4. The van der Waals surface area contributed by atoms with E-state index < -0.39 is 5.54 Å². The van der Waals surface area contributed by atoms with Gasteiger partial charge in [0.25, 0.3) is 5.91 Å². The molecule has 112 valence electrons. The van der Waals surface area contributed by atoms with E-state index in [0.29, 0.717) is 13.2 Å². The molecule has 2 heterocycles. The predicted molar refractivity (Wildman–Crippen MR) is 77.1 cm³/mol. The van der Waals surface area contributed by atoms with Crippen molar-refractivity contribution >= 4 is 11.7 Å². The lowest BCUT2D eigenvalue weighted by atomic mass is 9.88. The fraction of sp³-hybridized carbons (Fsp3) is 0.500. The first-order valence-corrected chi connectivity index (χ1v) is 7.27. The molecule has 1 aromatic rings. The zero-order valence-electron chi connectivity index (χ0n) is 12.4. The van der Waals surface area contributed by atoms with Crippen LogP contribution in [-0.2, 0) is 21.0 Å². The summed E-state index contributed by atoms with van der Waals surface area (Å²) in [4.78, 5) is 31.5. The molecular formula is C16H20N2O3. The van der Waals surface area contributed by atoms with Crippen molar-refractivity contribution in [2.45, 2.75) is 38.0 Å². The summed E-state index contributed by atoms with van der Waals surface area (Å²) in [7, 11) is 1.87. The molecule has 1 amide bonds. The van der Waals surface area contributed by atoms with Gasteiger partial charge in [-0.1, -0.05) is 30.3 Å². The molecular weight excluding hydrogens is 268 g/mol. The third-order valence-corrected chi connectivity index (χ3v) is 4.70. The number of benzene rings is 1. The highest BCUT2D eigenvalue weighted by Crippen LogP contribution is 2.41. The van der Waals surface area contributed by atoms with Crippen LogP contribution in [0.5, 0.6) is 0 Å². The van der Waals surface area contributed by atoms with Crippen molar-refractivity contribution in [1.29, 1.82) is 0 Å². The van der Waals surface area contributed by atoms with Crippen molar-refractivity contribution in [1.82, 2.24) is 9.96 Å². The number of ketones is 1. The van der Waals surface area contributed by atoms with Gasteiger partial charge in [0.2, 0.25) is 0 Å². The van der Waals surface area contributed by atoms with Gasteiger partial charge in [0.1, 0.15) is 17.9 Å². The van der Waals surface area contributed by atoms with Gasteiger partial charge < -0.3 is 0 Å². The van der Waals surface area contributed by atoms with E-state index in [4.69, 9.17) is 4.84 Å². The number of carbonyl (C=O) groups is 2. The Balaban J connectivity index is 1.59. The summed E-state index contributed by atoms with van der Waals surface area (Å²) in [5.74, 6) is 0.107. The number of hydroxylamine groups is 2. The zero-order valence-corrected chi connectivity index (χ0v) is 12.4. The van der Waals surface area contributed by atoms with Crippen molar-refractivity contribution in [3.05, 3.63) is 35.9 Å². The second-order valence-corrected chi connectivity index (χ2v) is 5.91. The Morgan fingerprint density at radius 3 is 2.67 bits per heavy atom. The van der Waals surface area contributed by atoms with E-state index in [1.807, 2.05) is 42.3 Å². The Hall–Kier alpha value is -1.72. The minimum Gasteiger partial charge on any atom is -0.298 e. The summed E-state index contributed by atoms with van der Waals surface area (Å²) in [6, 6.07) is 9.63. The van der Waals surface area contributed by atoms with E-state index in [9.17, 15) is 9.59 Å². The van der Waals surface area contributed by atoms with Gasteiger partial charge >= 0.3 is 0 Å². The molecule has 21 heavy (non-hydrogen) atoms. The van der Waals surface area contributed by atoms with Gasteiger partial charge in [0.15, 0.2) is 0 Å². The van der Waals surface area contributed by atoms with Gasteiger partial charge in [-0.15, -0.1) is 0 Å². The molecule has 0 bridgehead atoms. The summed E-state index contributed by atoms with van der Waals surface area (Å²) < 4.78 is 0. The van der Waals surface area contributed by atoms with E-state index in [1.54, 1.807) is 6.92 Å². The van der Waals surface area contributed by atoms with Gasteiger partial charge in [-0.25, -0.2) is 5.06 Å². The number of β-lactam (4-membered cyclic amide) rings is 1. The molecule has 2 saturated heterocycles. The summed E-state index contributed by atoms with van der Waals surface area (Å²) >= 11 is 0. The first-order chi connectivity index (χ1) is 10.0. The Morgan fingerprint density at radius 2 is 2.10 bits per heavy atom. The molecule has 2 aliphatic heterocycles. The lowest BCUT2D eigenvalue weighted by Gasteiger charge is -2.49. The molecule has 0 aliphatic carbocycles. The van der Waals surface area contributed by atoms with Crippen molar-refractivity contribution < 1.29 is 14.4 Å². The smallest absolute Gasteiger partial charge is 0.268 e. The molecule has 5 heteroatoms. The molecule has 0 N–H and O–H groups in total. The number of likely N-dealkylation sites (tertiary alicyclic amines) is 1. The number of hydrogen-bond acceptors (Lipinski definition) is 4. The van der Waals surface area contributed by atoms with Gasteiger partial charge in [-0.2, -0.15) is 0 Å². The Bertz CT molecular complexity index is 560. The molecule has 1 spiro atoms. The maximum absolute atomic E-state index is 12.4. The normalized spacial score (nSPS) is 29.0. The van der Waals surface area contributed by atoms with Crippen LogP contribution in [0, 0.1) is 0 Å². The zero-order chi connectivity index (χ0) is 15.0. The number of rotatable bonds is 4. The SMILES string of the molecule is CC(=O)C1CCC2(CN(OCc3ccccc3)C2=O)N1C. The van der Waals surface area contributed by atoms with Crippen LogP contribution in [0.3, 0.4) is 0 Å². The number of amides is 1. The van der Waals surface area contributed by atoms with E-state index in [1.165, 1.54) is 5.06 Å². The lowest BCUT2D eigenvalue weighted by molar-refractivity contribution is -0.242. The largest absolute Gasteiger partial charge is 0.298 e. The number of nitrogens with zero attached hydrogens (tertiary/aromatic N) is 2. The standard InChI is InChI=1S/C16H20N2O3/c1-12(19)14-8-9-16(17(14)2)11-18(15(16)20)21-10-13-6-4-3-5-7-13/h3-7,14H,8-11H2,1-2H3. The third kappa shape index (κ3) is 2.26. The highest BCUT2D eigenvalue weighted by atomic mass is 16.7. The second-order valence-electron chi connectivity index (χ2n) is 5.91. The molecule has 0 aromatic heterocycles. The quantitative estimate of drug-likeness (QED) is 0.786. The molecule has 2 unspecified atom stereocenters. The average Bonchev–Trinajstić information content (AvgIpc) is 2.84. The second kappa shape index (κ2) is 5.24. The van der Waals surface area contributed by atoms with Crippen LogP contribution in [0.2, 0.25) is 0 Å². The lowest BCUT2D eigenvalue weighted by Crippen LogP contribution is -2.71. The van der Waals surface area contributed by atoms with Crippen molar-refractivity contribution in [3.63, 3.8) is 0 Å². The first kappa shape index (κ1) is 14.2. The summed E-state index contributed by atoms with van der Waals surface area (Å²) in [5.41, 5.74) is 0.514. The average molecular weight is 288 g/mol. The number of Topliss-reactive ketones (excluding diaryl/α,β-unsaturated/α-hetero) is 1. The van der Waals surface area contributed by atoms with Crippen LogP contribution in [0.4, 0.5) is 0 Å². The van der Waals surface area contributed by atoms with Gasteiger partial charge in [-0.05, 0) is 32.4 Å². The van der Waals surface area contributed by atoms with Gasteiger partial charge in [0.05, 0.1) is 12.6 Å². The highest BCUT2D eigenvalue weighted by Gasteiger charge is 2.61. The molecule has 2 aliphatic rings. The van der Waals surface area contributed by atoms with Crippen LogP contribution < -0.4 is 0 Å². The Kier molecular flexibility index (Phi) is 3.55. The molecule has 3 rings (SSSR count). The fourth-order valence-electron chi connectivity index (χ4n) is 3.32. The van der Waals surface area contributed by atoms with Crippen molar-refractivity contribution in [2.75, 3.05) is 13.6 Å². The van der Waals surface area contributed by atoms with Gasteiger partial charge in [0, 0.05) is 0 Å². The van der Waals surface area contributed by atoms with Crippen LogP contribution in [-0.4, -0.2) is 46.8 Å². The first-order valence-electron chi connectivity index (χ1n) is 7.27. The predicted octanol–water partition coefficient (Wildman–Crippen LogP) is 1.38. The number of hydrogen-bond donors (Lipinski definition) is 0. The monoisotopic (exact) mass is 288 g/mol. The van der Waals surface area contributed by atoms with Crippen LogP contribution in [0.15, 0.2) is 30.3 Å². The summed E-state index contributed by atoms with van der Waals surface area (Å²) in [5, 5.41) is 1.42. The topological polar surface area (TPSA) is 49.9 Å². The van der Waals surface area contributed by atoms with Crippen molar-refractivity contribution in [2.24, 2.45) is 0 Å². The molecule has 2 fully saturated rings. The third-order valence-electron chi connectivity index (χ3n) is 4.70. The molecule has 0 radical (unpaired) electrons. The van der Waals surface area contributed by atoms with E-state index in [-0.39, 0.29) is 17.7 Å². The number of likely N-dealkylation sites (N-methyl/N-ethyl adjacent to an activating group) is 1. The molecule has 2 atom stereocenters. The van der Waals surface area contributed by atoms with Crippen LogP contribution >= 0.6 is 0 Å². The van der Waals surface area contributed by atoms with Crippen LogP contribution in [0.1, 0.15) is 25.3 Å². The molecule has 0 saturated carbocycles. The minimum absolute atomic E-state index is 0.0234.